The van der Waals surface area contributed by atoms with Gasteiger partial charge in [0.2, 0.25) is 10.1 Å². The number of halogens is 3. The van der Waals surface area contributed by atoms with Crippen molar-refractivity contribution in [3.63, 3.8) is 0 Å². The number of amides is 2. The monoisotopic (exact) mass is 308 g/mol. The molecule has 1 heterocycles. The Kier molecular flexibility index (Phi) is 4.23. The number of alkyl halides is 3. The van der Waals surface area contributed by atoms with Crippen LogP contribution in [-0.4, -0.2) is 34.0 Å². The van der Waals surface area contributed by atoms with Crippen LogP contribution in [0.5, 0.6) is 0 Å². The molecule has 0 aliphatic heterocycles. The van der Waals surface area contributed by atoms with E-state index in [0.29, 0.717) is 6.42 Å². The Labute approximate surface area is 115 Å². The van der Waals surface area contributed by atoms with E-state index in [0.717, 1.165) is 0 Å². The molecular formula is C10H11F3N4O2S. The number of aliphatic hydroxyl groups is 1. The summed E-state index contributed by atoms with van der Waals surface area (Å²) < 4.78 is 36.9. The zero-order valence-electron chi connectivity index (χ0n) is 10.0. The highest BCUT2D eigenvalue weighted by molar-refractivity contribution is 7.15. The number of nitrogens with one attached hydrogen (secondary N) is 2. The lowest BCUT2D eigenvalue weighted by Crippen LogP contribution is -2.36. The first kappa shape index (κ1) is 14.7. The molecule has 10 heteroatoms. The summed E-state index contributed by atoms with van der Waals surface area (Å²) in [7, 11) is 0. The second-order valence-corrected chi connectivity index (χ2v) is 5.16. The number of urea groups is 1. The zero-order valence-corrected chi connectivity index (χ0v) is 10.8. The van der Waals surface area contributed by atoms with Crippen molar-refractivity contribution in [2.75, 3.05) is 11.9 Å². The Bertz CT molecular complexity index is 517. The first-order chi connectivity index (χ1) is 9.38. The minimum absolute atomic E-state index is 0.0123. The highest BCUT2D eigenvalue weighted by atomic mass is 32.1. The molecule has 2 amide bonds. The van der Waals surface area contributed by atoms with Crippen molar-refractivity contribution < 1.29 is 23.1 Å². The summed E-state index contributed by atoms with van der Waals surface area (Å²) in [6.45, 7) is -0.0123. The number of aliphatic hydroxyl groups excluding tert-OH is 1. The molecule has 3 N–H and O–H groups in total. The molecule has 1 aliphatic carbocycles. The average molecular weight is 308 g/mol. The van der Waals surface area contributed by atoms with Gasteiger partial charge in [-0.05, 0) is 6.42 Å². The fraction of sp³-hybridized carbons (Fsp3) is 0.500. The van der Waals surface area contributed by atoms with E-state index in [2.05, 4.69) is 20.8 Å². The molecule has 1 aliphatic rings. The number of carbonyl (C=O) groups is 1. The molecule has 0 bridgehead atoms. The minimum Gasteiger partial charge on any atom is -0.396 e. The minimum atomic E-state index is -4.57. The van der Waals surface area contributed by atoms with Gasteiger partial charge >= 0.3 is 12.2 Å². The number of hydrogen-bond donors (Lipinski definition) is 3. The van der Waals surface area contributed by atoms with Gasteiger partial charge in [-0.15, -0.1) is 10.2 Å². The van der Waals surface area contributed by atoms with Gasteiger partial charge in [-0.1, -0.05) is 23.5 Å². The number of hydrogen-bond acceptors (Lipinski definition) is 5. The van der Waals surface area contributed by atoms with Crippen molar-refractivity contribution in [2.45, 2.75) is 18.6 Å². The average Bonchev–Trinajstić information content (AvgIpc) is 2.97. The molecule has 6 nitrogen and oxygen atoms in total. The number of nitrogens with zero attached hydrogens (tertiary/aromatic N) is 2. The second kappa shape index (κ2) is 5.75. The third-order valence-corrected chi connectivity index (χ3v) is 3.49. The fourth-order valence-corrected chi connectivity index (χ4v) is 2.31. The van der Waals surface area contributed by atoms with Crippen LogP contribution in [0.15, 0.2) is 12.2 Å². The van der Waals surface area contributed by atoms with E-state index in [1.807, 2.05) is 0 Å². The fourth-order valence-electron chi connectivity index (χ4n) is 1.71. The summed E-state index contributed by atoms with van der Waals surface area (Å²) in [5.41, 5.74) is 0. The first-order valence-electron chi connectivity index (χ1n) is 5.66. The van der Waals surface area contributed by atoms with E-state index in [9.17, 15) is 18.0 Å². The van der Waals surface area contributed by atoms with Crippen LogP contribution in [0.2, 0.25) is 0 Å². The molecule has 0 saturated heterocycles. The lowest BCUT2D eigenvalue weighted by Gasteiger charge is -2.12. The van der Waals surface area contributed by atoms with E-state index in [1.54, 1.807) is 12.2 Å². The van der Waals surface area contributed by atoms with Gasteiger partial charge in [0, 0.05) is 18.6 Å². The molecule has 1 aromatic rings. The first-order valence-corrected chi connectivity index (χ1v) is 6.47. The predicted octanol–water partition coefficient (Wildman–Crippen LogP) is 1.62. The Balaban J connectivity index is 1.86. The number of carbonyl (C=O) groups excluding carboxylic acids is 1. The quantitative estimate of drug-likeness (QED) is 0.740. The molecule has 0 spiro atoms. The topological polar surface area (TPSA) is 87.1 Å². The van der Waals surface area contributed by atoms with E-state index in [1.165, 1.54) is 0 Å². The van der Waals surface area contributed by atoms with Gasteiger partial charge in [0.25, 0.3) is 0 Å². The third kappa shape index (κ3) is 3.67. The highest BCUT2D eigenvalue weighted by Crippen LogP contribution is 2.32. The van der Waals surface area contributed by atoms with Crippen molar-refractivity contribution in [3.05, 3.63) is 17.2 Å². The van der Waals surface area contributed by atoms with Gasteiger partial charge in [0.15, 0.2) is 0 Å². The molecule has 0 fully saturated rings. The van der Waals surface area contributed by atoms with Crippen LogP contribution >= 0.6 is 11.3 Å². The lowest BCUT2D eigenvalue weighted by atomic mass is 10.1. The van der Waals surface area contributed by atoms with E-state index < -0.39 is 17.2 Å². The van der Waals surface area contributed by atoms with Crippen molar-refractivity contribution in [2.24, 2.45) is 5.92 Å². The smallest absolute Gasteiger partial charge is 0.396 e. The maximum absolute atomic E-state index is 12.3. The van der Waals surface area contributed by atoms with E-state index in [-0.39, 0.29) is 35.0 Å². The molecule has 0 saturated carbocycles. The number of rotatable bonds is 3. The molecular weight excluding hydrogens is 297 g/mol. The molecule has 2 rings (SSSR count). The highest BCUT2D eigenvalue weighted by Gasteiger charge is 2.35. The van der Waals surface area contributed by atoms with Crippen LogP contribution in [-0.2, 0) is 6.18 Å². The SMILES string of the molecule is O=C(Nc1nnc(C(F)(F)F)s1)N[C@@H]1C=C[C@H](CO)C1. The Morgan fingerprint density at radius 3 is 2.75 bits per heavy atom. The van der Waals surface area contributed by atoms with Crippen molar-refractivity contribution in [1.29, 1.82) is 0 Å². The zero-order chi connectivity index (χ0) is 14.8. The van der Waals surface area contributed by atoms with E-state index >= 15 is 0 Å². The van der Waals surface area contributed by atoms with Gasteiger partial charge < -0.3 is 10.4 Å². The molecule has 20 heavy (non-hydrogen) atoms. The van der Waals surface area contributed by atoms with Crippen molar-refractivity contribution in [1.82, 2.24) is 15.5 Å². The summed E-state index contributed by atoms with van der Waals surface area (Å²) in [5.74, 6) is -0.0151. The van der Waals surface area contributed by atoms with Crippen LogP contribution in [0.1, 0.15) is 11.4 Å². The Morgan fingerprint density at radius 2 is 2.20 bits per heavy atom. The molecule has 1 aromatic heterocycles. The van der Waals surface area contributed by atoms with Crippen LogP contribution < -0.4 is 10.6 Å². The van der Waals surface area contributed by atoms with Gasteiger partial charge in [-0.25, -0.2) is 4.79 Å². The molecule has 0 unspecified atom stereocenters. The van der Waals surface area contributed by atoms with Crippen molar-refractivity contribution >= 4 is 22.5 Å². The summed E-state index contributed by atoms with van der Waals surface area (Å²) >= 11 is 0.254. The summed E-state index contributed by atoms with van der Waals surface area (Å²) in [5, 5.41) is 18.5. The largest absolute Gasteiger partial charge is 0.445 e. The van der Waals surface area contributed by atoms with Crippen molar-refractivity contribution in [3.8, 4) is 0 Å². The van der Waals surface area contributed by atoms with Gasteiger partial charge in [-0.3, -0.25) is 5.32 Å². The van der Waals surface area contributed by atoms with Crippen LogP contribution in [0.3, 0.4) is 0 Å². The molecule has 0 radical (unpaired) electrons. The third-order valence-electron chi connectivity index (χ3n) is 2.61. The Hall–Kier alpha value is -1.68. The summed E-state index contributed by atoms with van der Waals surface area (Å²) in [4.78, 5) is 11.6. The number of aromatic nitrogens is 2. The van der Waals surface area contributed by atoms with Crippen LogP contribution in [0.25, 0.3) is 0 Å². The van der Waals surface area contributed by atoms with Gasteiger partial charge in [0.05, 0.1) is 0 Å². The maximum atomic E-state index is 12.3. The molecule has 2 atom stereocenters. The van der Waals surface area contributed by atoms with Crippen LogP contribution in [0.4, 0.5) is 23.1 Å². The standard InChI is InChI=1S/C10H11F3N4O2S/c11-10(12,13)7-16-17-9(20-7)15-8(19)14-6-2-1-5(3-6)4-18/h1-2,5-6,18H,3-4H2,(H2,14,15,17,19)/t5-,6+/m0/s1. The molecule has 110 valence electrons. The maximum Gasteiger partial charge on any atom is 0.445 e. The molecule has 0 aromatic carbocycles. The summed E-state index contributed by atoms with van der Waals surface area (Å²) in [6, 6.07) is -0.926. The Morgan fingerprint density at radius 1 is 1.45 bits per heavy atom. The lowest BCUT2D eigenvalue weighted by molar-refractivity contribution is -0.138. The van der Waals surface area contributed by atoms with E-state index in [4.69, 9.17) is 5.11 Å². The summed E-state index contributed by atoms with van der Waals surface area (Å²) in [6.07, 6.45) is -0.524. The second-order valence-electron chi connectivity index (χ2n) is 4.18. The van der Waals surface area contributed by atoms with Gasteiger partial charge in [0.1, 0.15) is 0 Å². The normalized spacial score (nSPS) is 22.0. The van der Waals surface area contributed by atoms with Gasteiger partial charge in [-0.2, -0.15) is 13.2 Å². The van der Waals surface area contributed by atoms with Crippen LogP contribution in [0, 0.1) is 5.92 Å². The predicted molar refractivity (Wildman–Crippen MR) is 65.2 cm³/mol. The number of anilines is 1.